The summed E-state index contributed by atoms with van der Waals surface area (Å²) in [6.07, 6.45) is 6.52. The molecule has 3 aromatic rings. The Morgan fingerprint density at radius 1 is 1.07 bits per heavy atom. The van der Waals surface area contributed by atoms with Gasteiger partial charge >= 0.3 is 0 Å². The summed E-state index contributed by atoms with van der Waals surface area (Å²) in [5, 5.41) is 6.74. The molecule has 0 amide bonds. The van der Waals surface area contributed by atoms with Crippen molar-refractivity contribution in [3.05, 3.63) is 83.9 Å². The molecule has 1 aromatic heterocycles. The van der Waals surface area contributed by atoms with Gasteiger partial charge in [-0.15, -0.1) is 0 Å². The lowest BCUT2D eigenvalue weighted by Gasteiger charge is -2.13. The van der Waals surface area contributed by atoms with E-state index < -0.39 is 0 Å². The maximum Gasteiger partial charge on any atom is 0.191 e. The minimum atomic E-state index is 0.722. The van der Waals surface area contributed by atoms with Gasteiger partial charge in [-0.1, -0.05) is 36.4 Å². The first-order chi connectivity index (χ1) is 13.8. The van der Waals surface area contributed by atoms with Gasteiger partial charge in [-0.25, -0.2) is 4.98 Å². The second-order valence-electron chi connectivity index (χ2n) is 6.51. The molecule has 6 heteroatoms. The van der Waals surface area contributed by atoms with Crippen LogP contribution in [0.1, 0.15) is 16.7 Å². The van der Waals surface area contributed by atoms with E-state index in [2.05, 4.69) is 61.6 Å². The number of nitrogens with zero attached hydrogens (tertiary/aromatic N) is 3. The van der Waals surface area contributed by atoms with Crippen LogP contribution in [0.15, 0.2) is 72.2 Å². The Morgan fingerprint density at radius 2 is 1.89 bits per heavy atom. The van der Waals surface area contributed by atoms with Gasteiger partial charge in [0.15, 0.2) is 5.96 Å². The smallest absolute Gasteiger partial charge is 0.191 e. The van der Waals surface area contributed by atoms with Crippen molar-refractivity contribution in [2.75, 3.05) is 20.7 Å². The molecule has 0 fully saturated rings. The zero-order valence-corrected chi connectivity index (χ0v) is 16.4. The van der Waals surface area contributed by atoms with Gasteiger partial charge in [0.2, 0.25) is 0 Å². The van der Waals surface area contributed by atoms with Gasteiger partial charge in [0.05, 0.1) is 13.4 Å². The zero-order valence-electron chi connectivity index (χ0n) is 16.4. The Kier molecular flexibility index (Phi) is 7.07. The van der Waals surface area contributed by atoms with E-state index >= 15 is 0 Å². The summed E-state index contributed by atoms with van der Waals surface area (Å²) in [4.78, 5) is 8.40. The predicted octanol–water partition coefficient (Wildman–Crippen LogP) is 2.85. The van der Waals surface area contributed by atoms with Crippen molar-refractivity contribution >= 4 is 5.96 Å². The van der Waals surface area contributed by atoms with Crippen molar-refractivity contribution in [2.45, 2.75) is 19.5 Å². The molecule has 0 saturated carbocycles. The largest absolute Gasteiger partial charge is 0.497 e. The first-order valence-corrected chi connectivity index (χ1v) is 9.38. The molecule has 146 valence electrons. The Bertz CT molecular complexity index is 872. The molecule has 0 unspecified atom stereocenters. The van der Waals surface area contributed by atoms with Crippen LogP contribution in [0.5, 0.6) is 5.75 Å². The van der Waals surface area contributed by atoms with Crippen LogP contribution in [-0.4, -0.2) is 36.2 Å². The molecule has 0 spiro atoms. The minimum absolute atomic E-state index is 0.722. The zero-order chi connectivity index (χ0) is 19.6. The summed E-state index contributed by atoms with van der Waals surface area (Å²) in [6, 6.07) is 16.7. The third-order valence-corrected chi connectivity index (χ3v) is 4.46. The van der Waals surface area contributed by atoms with Crippen LogP contribution in [0.25, 0.3) is 0 Å². The van der Waals surface area contributed by atoms with Crippen LogP contribution in [-0.2, 0) is 19.5 Å². The van der Waals surface area contributed by atoms with Gasteiger partial charge in [0, 0.05) is 39.1 Å². The highest BCUT2D eigenvalue weighted by molar-refractivity contribution is 5.79. The van der Waals surface area contributed by atoms with Crippen molar-refractivity contribution < 1.29 is 4.74 Å². The summed E-state index contributed by atoms with van der Waals surface area (Å²) in [7, 11) is 3.47. The van der Waals surface area contributed by atoms with Crippen LogP contribution < -0.4 is 15.4 Å². The number of rotatable bonds is 8. The highest BCUT2D eigenvalue weighted by Gasteiger charge is 2.01. The van der Waals surface area contributed by atoms with Crippen molar-refractivity contribution in [3.8, 4) is 5.75 Å². The average Bonchev–Trinajstić information content (AvgIpc) is 3.24. The van der Waals surface area contributed by atoms with E-state index in [1.54, 1.807) is 20.4 Å². The Labute approximate surface area is 166 Å². The summed E-state index contributed by atoms with van der Waals surface area (Å²) in [5.41, 5.74) is 3.73. The summed E-state index contributed by atoms with van der Waals surface area (Å²) in [5.74, 6) is 1.68. The molecular formula is C22H27N5O. The fourth-order valence-electron chi connectivity index (χ4n) is 2.95. The van der Waals surface area contributed by atoms with Gasteiger partial charge in [0.1, 0.15) is 5.75 Å². The van der Waals surface area contributed by atoms with Gasteiger partial charge in [-0.3, -0.25) is 4.99 Å². The van der Waals surface area contributed by atoms with E-state index in [0.717, 1.165) is 37.8 Å². The highest BCUT2D eigenvalue weighted by atomic mass is 16.5. The molecule has 0 aliphatic carbocycles. The third-order valence-electron chi connectivity index (χ3n) is 4.46. The van der Waals surface area contributed by atoms with Gasteiger partial charge in [-0.05, 0) is 35.2 Å². The first kappa shape index (κ1) is 19.5. The van der Waals surface area contributed by atoms with Crippen LogP contribution in [0.2, 0.25) is 0 Å². The number of imidazole rings is 1. The molecule has 2 N–H and O–H groups in total. The minimum Gasteiger partial charge on any atom is -0.497 e. The van der Waals surface area contributed by atoms with E-state index in [1.165, 1.54) is 16.7 Å². The standard InChI is InChI=1S/C22H27N5O/c1-23-22(25-11-10-18-6-8-21(28-2)9-7-18)26-15-19-4-3-5-20(14-19)16-27-13-12-24-17-27/h3-9,12-14,17H,10-11,15-16H2,1-2H3,(H2,23,25,26). The number of hydrogen-bond donors (Lipinski definition) is 2. The highest BCUT2D eigenvalue weighted by Crippen LogP contribution is 2.11. The molecule has 3 rings (SSSR count). The fourth-order valence-corrected chi connectivity index (χ4v) is 2.95. The Morgan fingerprint density at radius 3 is 2.61 bits per heavy atom. The average molecular weight is 377 g/mol. The van der Waals surface area contributed by atoms with E-state index in [1.807, 2.05) is 24.7 Å². The van der Waals surface area contributed by atoms with Crippen LogP contribution >= 0.6 is 0 Å². The number of guanidine groups is 1. The number of methoxy groups -OCH3 is 1. The normalized spacial score (nSPS) is 11.3. The summed E-state index contributed by atoms with van der Waals surface area (Å²) < 4.78 is 7.25. The quantitative estimate of drug-likeness (QED) is 0.468. The second kappa shape index (κ2) is 10.2. The van der Waals surface area contributed by atoms with E-state index in [9.17, 15) is 0 Å². The predicted molar refractivity (Wildman–Crippen MR) is 113 cm³/mol. The number of aliphatic imine (C=N–C) groups is 1. The first-order valence-electron chi connectivity index (χ1n) is 9.38. The fraction of sp³-hybridized carbons (Fsp3) is 0.273. The summed E-state index contributed by atoms with van der Waals surface area (Å²) >= 11 is 0. The molecule has 28 heavy (non-hydrogen) atoms. The second-order valence-corrected chi connectivity index (χ2v) is 6.51. The molecule has 0 aliphatic heterocycles. The lowest BCUT2D eigenvalue weighted by Crippen LogP contribution is -2.37. The lowest BCUT2D eigenvalue weighted by molar-refractivity contribution is 0.414. The van der Waals surface area contributed by atoms with Crippen LogP contribution in [0.3, 0.4) is 0 Å². The van der Waals surface area contributed by atoms with Gasteiger partial charge in [0.25, 0.3) is 0 Å². The van der Waals surface area contributed by atoms with Gasteiger partial charge in [-0.2, -0.15) is 0 Å². The number of hydrogen-bond acceptors (Lipinski definition) is 3. The summed E-state index contributed by atoms with van der Waals surface area (Å²) in [6.45, 7) is 2.36. The van der Waals surface area contributed by atoms with Crippen molar-refractivity contribution in [1.29, 1.82) is 0 Å². The molecule has 2 aromatic carbocycles. The molecule has 0 atom stereocenters. The molecule has 0 bridgehead atoms. The topological polar surface area (TPSA) is 63.5 Å². The van der Waals surface area contributed by atoms with Crippen LogP contribution in [0, 0.1) is 0 Å². The monoisotopic (exact) mass is 377 g/mol. The molecule has 6 nitrogen and oxygen atoms in total. The van der Waals surface area contributed by atoms with Gasteiger partial charge < -0.3 is 19.9 Å². The Balaban J connectivity index is 1.45. The Hall–Kier alpha value is -3.28. The van der Waals surface area contributed by atoms with E-state index in [-0.39, 0.29) is 0 Å². The lowest BCUT2D eigenvalue weighted by atomic mass is 10.1. The molecule has 0 saturated heterocycles. The molecule has 0 aliphatic rings. The van der Waals surface area contributed by atoms with E-state index in [0.29, 0.717) is 0 Å². The van der Waals surface area contributed by atoms with Crippen molar-refractivity contribution in [2.24, 2.45) is 4.99 Å². The maximum absolute atomic E-state index is 5.19. The maximum atomic E-state index is 5.19. The number of nitrogens with one attached hydrogen (secondary N) is 2. The number of ether oxygens (including phenoxy) is 1. The molecule has 0 radical (unpaired) electrons. The van der Waals surface area contributed by atoms with E-state index in [4.69, 9.17) is 4.74 Å². The van der Waals surface area contributed by atoms with Crippen molar-refractivity contribution in [1.82, 2.24) is 20.2 Å². The number of benzene rings is 2. The van der Waals surface area contributed by atoms with Crippen LogP contribution in [0.4, 0.5) is 0 Å². The number of aromatic nitrogens is 2. The molecule has 1 heterocycles. The third kappa shape index (κ3) is 5.87. The SMILES string of the molecule is CN=C(NCCc1ccc(OC)cc1)NCc1cccc(Cn2ccnc2)c1. The molecular weight excluding hydrogens is 350 g/mol. The van der Waals surface area contributed by atoms with Crippen molar-refractivity contribution in [3.63, 3.8) is 0 Å².